The van der Waals surface area contributed by atoms with Gasteiger partial charge in [-0.1, -0.05) is 0 Å². The molecule has 0 aromatic heterocycles. The summed E-state index contributed by atoms with van der Waals surface area (Å²) in [7, 11) is 0. The van der Waals surface area contributed by atoms with Crippen molar-refractivity contribution in [2.75, 3.05) is 0 Å². The molecule has 0 spiro atoms. The number of rotatable bonds is 8. The number of non-ortho nitro benzene ring substituents is 2. The normalized spacial score (nSPS) is 11.5. The molecular formula is C21H22N2O8. The van der Waals surface area contributed by atoms with E-state index in [0.717, 1.165) is 0 Å². The van der Waals surface area contributed by atoms with Crippen LogP contribution in [0.5, 0.6) is 11.5 Å². The van der Waals surface area contributed by atoms with Gasteiger partial charge < -0.3 is 9.47 Å². The molecule has 164 valence electrons. The van der Waals surface area contributed by atoms with Crippen molar-refractivity contribution in [2.24, 2.45) is 10.8 Å². The predicted octanol–water partition coefficient (Wildman–Crippen LogP) is 4.46. The summed E-state index contributed by atoms with van der Waals surface area (Å²) >= 11 is 0. The van der Waals surface area contributed by atoms with Crippen LogP contribution in [0.1, 0.15) is 34.1 Å². The minimum atomic E-state index is -1.08. The SMILES string of the molecule is CC(C)(CC(C)(C)C(=O)Oc1ccc([N+](=O)[O-])cc1)C(=O)Oc1ccc([N+](=O)[O-])cc1. The first-order chi connectivity index (χ1) is 14.3. The summed E-state index contributed by atoms with van der Waals surface area (Å²) in [6.45, 7) is 6.45. The third kappa shape index (κ3) is 6.08. The summed E-state index contributed by atoms with van der Waals surface area (Å²) in [6.07, 6.45) is 0.0810. The molecule has 0 aliphatic rings. The summed E-state index contributed by atoms with van der Waals surface area (Å²) in [5.41, 5.74) is -2.43. The third-order valence-electron chi connectivity index (χ3n) is 4.51. The van der Waals surface area contributed by atoms with E-state index in [1.165, 1.54) is 48.5 Å². The van der Waals surface area contributed by atoms with Gasteiger partial charge >= 0.3 is 11.9 Å². The molecule has 0 heterocycles. The molecule has 31 heavy (non-hydrogen) atoms. The van der Waals surface area contributed by atoms with Gasteiger partial charge in [0.15, 0.2) is 0 Å². The summed E-state index contributed by atoms with van der Waals surface area (Å²) in [5, 5.41) is 21.4. The fourth-order valence-corrected chi connectivity index (χ4v) is 3.01. The number of esters is 2. The molecule has 0 amide bonds. The fraction of sp³-hybridized carbons (Fsp3) is 0.333. The molecule has 2 aromatic rings. The van der Waals surface area contributed by atoms with Crippen molar-refractivity contribution in [1.82, 2.24) is 0 Å². The zero-order chi connectivity index (χ0) is 23.4. The number of hydrogen-bond acceptors (Lipinski definition) is 8. The largest absolute Gasteiger partial charge is 0.426 e. The zero-order valence-corrected chi connectivity index (χ0v) is 17.5. The maximum Gasteiger partial charge on any atom is 0.316 e. The van der Waals surface area contributed by atoms with Crippen molar-refractivity contribution in [3.8, 4) is 11.5 Å². The summed E-state index contributed by atoms with van der Waals surface area (Å²) in [5.74, 6) is -0.931. The highest BCUT2D eigenvalue weighted by Crippen LogP contribution is 2.36. The molecule has 2 aromatic carbocycles. The van der Waals surface area contributed by atoms with Crippen LogP contribution in [0.3, 0.4) is 0 Å². The molecule has 0 saturated carbocycles. The molecule has 0 aliphatic carbocycles. The topological polar surface area (TPSA) is 139 Å². The van der Waals surface area contributed by atoms with Gasteiger partial charge in [0.05, 0.1) is 20.7 Å². The highest BCUT2D eigenvalue weighted by molar-refractivity contribution is 5.82. The van der Waals surface area contributed by atoms with E-state index in [2.05, 4.69) is 0 Å². The van der Waals surface area contributed by atoms with Gasteiger partial charge in [-0.05, 0) is 58.4 Å². The number of nitro benzene ring substituents is 2. The fourth-order valence-electron chi connectivity index (χ4n) is 3.01. The molecule has 0 N–H and O–H groups in total. The van der Waals surface area contributed by atoms with Crippen molar-refractivity contribution in [3.63, 3.8) is 0 Å². The Labute approximate surface area is 178 Å². The Bertz CT molecular complexity index is 914. The van der Waals surface area contributed by atoms with Crippen molar-refractivity contribution < 1.29 is 28.9 Å². The molecule has 0 saturated heterocycles. The molecule has 0 fully saturated rings. The van der Waals surface area contributed by atoms with E-state index in [1.54, 1.807) is 27.7 Å². The molecule has 0 atom stereocenters. The van der Waals surface area contributed by atoms with E-state index in [1.807, 2.05) is 0 Å². The van der Waals surface area contributed by atoms with Gasteiger partial charge in [-0.3, -0.25) is 29.8 Å². The molecule has 2 rings (SSSR count). The van der Waals surface area contributed by atoms with Crippen LogP contribution in [0, 0.1) is 31.1 Å². The van der Waals surface area contributed by atoms with Crippen LogP contribution in [0.2, 0.25) is 0 Å². The monoisotopic (exact) mass is 430 g/mol. The van der Waals surface area contributed by atoms with Gasteiger partial charge in [-0.2, -0.15) is 0 Å². The first kappa shape index (κ1) is 23.5. The molecular weight excluding hydrogens is 408 g/mol. The van der Waals surface area contributed by atoms with Crippen LogP contribution in [0.4, 0.5) is 11.4 Å². The first-order valence-corrected chi connectivity index (χ1v) is 9.25. The minimum absolute atomic E-state index is 0.0810. The Balaban J connectivity index is 2.04. The lowest BCUT2D eigenvalue weighted by Gasteiger charge is -2.31. The number of nitrogens with zero attached hydrogens (tertiary/aromatic N) is 2. The molecule has 0 unspecified atom stereocenters. The van der Waals surface area contributed by atoms with Crippen molar-refractivity contribution in [1.29, 1.82) is 0 Å². The highest BCUT2D eigenvalue weighted by Gasteiger charge is 2.41. The lowest BCUT2D eigenvalue weighted by Crippen LogP contribution is -2.39. The lowest BCUT2D eigenvalue weighted by atomic mass is 9.75. The van der Waals surface area contributed by atoms with Gasteiger partial charge in [0.2, 0.25) is 0 Å². The molecule has 0 bridgehead atoms. The number of carbonyl (C=O) groups is 2. The summed E-state index contributed by atoms with van der Waals surface area (Å²) in [4.78, 5) is 45.6. The van der Waals surface area contributed by atoms with Crippen LogP contribution in [0.25, 0.3) is 0 Å². The highest BCUT2D eigenvalue weighted by atomic mass is 16.6. The van der Waals surface area contributed by atoms with Crippen molar-refractivity contribution in [3.05, 3.63) is 68.8 Å². The Hall–Kier alpha value is -3.82. The average Bonchev–Trinajstić information content (AvgIpc) is 2.68. The van der Waals surface area contributed by atoms with Gasteiger partial charge in [-0.15, -0.1) is 0 Å². The Morgan fingerprint density at radius 3 is 1.26 bits per heavy atom. The van der Waals surface area contributed by atoms with Gasteiger partial charge in [0.25, 0.3) is 11.4 Å². The Morgan fingerprint density at radius 1 is 0.710 bits per heavy atom. The quantitative estimate of drug-likeness (QED) is 0.259. The Morgan fingerprint density at radius 2 is 1.00 bits per heavy atom. The van der Waals surface area contributed by atoms with E-state index in [-0.39, 0.29) is 29.3 Å². The summed E-state index contributed by atoms with van der Waals surface area (Å²) in [6, 6.07) is 10.2. The van der Waals surface area contributed by atoms with Crippen molar-refractivity contribution in [2.45, 2.75) is 34.1 Å². The van der Waals surface area contributed by atoms with E-state index in [9.17, 15) is 29.8 Å². The third-order valence-corrected chi connectivity index (χ3v) is 4.51. The number of carbonyl (C=O) groups excluding carboxylic acids is 2. The van der Waals surface area contributed by atoms with E-state index < -0.39 is 32.6 Å². The van der Waals surface area contributed by atoms with Crippen LogP contribution in [-0.4, -0.2) is 21.8 Å². The van der Waals surface area contributed by atoms with Crippen LogP contribution in [0.15, 0.2) is 48.5 Å². The average molecular weight is 430 g/mol. The molecule has 10 heteroatoms. The number of benzene rings is 2. The number of nitro groups is 2. The van der Waals surface area contributed by atoms with E-state index in [4.69, 9.17) is 9.47 Å². The second kappa shape index (κ2) is 8.90. The second-order valence-electron chi connectivity index (χ2n) is 8.23. The van der Waals surface area contributed by atoms with Gasteiger partial charge in [0.1, 0.15) is 11.5 Å². The van der Waals surface area contributed by atoms with E-state index in [0.29, 0.717) is 0 Å². The standard InChI is InChI=1S/C21H22N2O8/c1-20(2,18(24)30-16-9-5-14(6-10-16)22(26)27)13-21(3,4)19(25)31-17-11-7-15(8-12-17)23(28)29/h5-12H,13H2,1-4H3. The van der Waals surface area contributed by atoms with Gasteiger partial charge in [0, 0.05) is 24.3 Å². The molecule has 0 aliphatic heterocycles. The second-order valence-corrected chi connectivity index (χ2v) is 8.23. The zero-order valence-electron chi connectivity index (χ0n) is 17.5. The predicted molar refractivity (Wildman–Crippen MR) is 110 cm³/mol. The molecule has 0 radical (unpaired) electrons. The van der Waals surface area contributed by atoms with Crippen LogP contribution >= 0.6 is 0 Å². The lowest BCUT2D eigenvalue weighted by molar-refractivity contribution is -0.385. The van der Waals surface area contributed by atoms with Crippen LogP contribution in [-0.2, 0) is 9.59 Å². The molecule has 10 nitrogen and oxygen atoms in total. The maximum absolute atomic E-state index is 12.6. The van der Waals surface area contributed by atoms with Crippen LogP contribution < -0.4 is 9.47 Å². The maximum atomic E-state index is 12.6. The minimum Gasteiger partial charge on any atom is -0.426 e. The smallest absolute Gasteiger partial charge is 0.316 e. The van der Waals surface area contributed by atoms with Crippen molar-refractivity contribution >= 4 is 23.3 Å². The first-order valence-electron chi connectivity index (χ1n) is 9.25. The Kier molecular flexibility index (Phi) is 6.74. The number of hydrogen-bond donors (Lipinski definition) is 0. The van der Waals surface area contributed by atoms with E-state index >= 15 is 0 Å². The summed E-state index contributed by atoms with van der Waals surface area (Å²) < 4.78 is 10.6. The number of ether oxygens (including phenoxy) is 2. The van der Waals surface area contributed by atoms with Gasteiger partial charge in [-0.25, -0.2) is 0 Å².